The maximum atomic E-state index is 12.9. The molecule has 0 aromatic heterocycles. The van der Waals surface area contributed by atoms with Crippen LogP contribution < -0.4 is 29.0 Å². The number of nitrogens with one attached hydrogen (secondary N) is 1. The predicted octanol–water partition coefficient (Wildman–Crippen LogP) is 8.24. The van der Waals surface area contributed by atoms with Gasteiger partial charge in [-0.15, -0.1) is 0 Å². The van der Waals surface area contributed by atoms with E-state index in [0.717, 1.165) is 11.1 Å². The first kappa shape index (κ1) is 32.8. The van der Waals surface area contributed by atoms with E-state index in [1.54, 1.807) is 36.4 Å². The lowest BCUT2D eigenvalue weighted by molar-refractivity contribution is -0.112. The summed E-state index contributed by atoms with van der Waals surface area (Å²) in [4.78, 5) is 12.9. The minimum Gasteiger partial charge on any atom is -0.494 e. The molecule has 0 fully saturated rings. The fourth-order valence-electron chi connectivity index (χ4n) is 4.31. The molecular formula is C36H35ClN2O6. The van der Waals surface area contributed by atoms with Crippen LogP contribution in [0.25, 0.3) is 6.08 Å². The largest absolute Gasteiger partial charge is 0.494 e. The third-order valence-electron chi connectivity index (χ3n) is 6.36. The second kappa shape index (κ2) is 16.6. The summed E-state index contributed by atoms with van der Waals surface area (Å²) in [6, 6.07) is 27.7. The number of nitriles is 1. The molecule has 0 saturated carbocycles. The number of ether oxygens (including phenoxy) is 5. The Labute approximate surface area is 268 Å². The first-order valence-corrected chi connectivity index (χ1v) is 15.0. The van der Waals surface area contributed by atoms with Gasteiger partial charge in [0.1, 0.15) is 30.6 Å². The van der Waals surface area contributed by atoms with Crippen LogP contribution in [0.5, 0.6) is 28.7 Å². The van der Waals surface area contributed by atoms with E-state index in [4.69, 9.17) is 35.3 Å². The van der Waals surface area contributed by atoms with E-state index in [1.807, 2.05) is 75.4 Å². The third kappa shape index (κ3) is 9.43. The molecule has 0 bridgehead atoms. The Morgan fingerprint density at radius 2 is 1.44 bits per heavy atom. The van der Waals surface area contributed by atoms with Gasteiger partial charge in [0.2, 0.25) is 0 Å². The molecule has 232 valence electrons. The van der Waals surface area contributed by atoms with Crippen molar-refractivity contribution in [2.75, 3.05) is 25.1 Å². The van der Waals surface area contributed by atoms with E-state index in [0.29, 0.717) is 66.4 Å². The summed E-state index contributed by atoms with van der Waals surface area (Å²) in [7, 11) is 0. The standard InChI is InChI=1S/C36H35ClN2O6/c1-4-41-30-15-13-29(14-16-30)39-36(40)28(22-38)18-27-19-31(37)35(34(21-27)43-6-3)45-24-26-12-17-32(33(20-26)42-5-2)44-23-25-10-8-7-9-11-25/h7-21H,4-6,23-24H2,1-3H3,(H,39,40)/b28-18+. The summed E-state index contributed by atoms with van der Waals surface area (Å²) in [5.41, 5.74) is 2.83. The average Bonchev–Trinajstić information content (AvgIpc) is 3.04. The highest BCUT2D eigenvalue weighted by Crippen LogP contribution is 2.38. The zero-order valence-corrected chi connectivity index (χ0v) is 26.2. The second-order valence-corrected chi connectivity index (χ2v) is 10.0. The highest BCUT2D eigenvalue weighted by atomic mass is 35.5. The number of nitrogens with zero attached hydrogens (tertiary/aromatic N) is 1. The van der Waals surface area contributed by atoms with Gasteiger partial charge in [-0.1, -0.05) is 48.0 Å². The topological polar surface area (TPSA) is 99.0 Å². The van der Waals surface area contributed by atoms with Crippen molar-refractivity contribution in [2.45, 2.75) is 34.0 Å². The fourth-order valence-corrected chi connectivity index (χ4v) is 4.58. The highest BCUT2D eigenvalue weighted by Gasteiger charge is 2.16. The maximum absolute atomic E-state index is 12.9. The minimum atomic E-state index is -0.558. The summed E-state index contributed by atoms with van der Waals surface area (Å²) in [6.07, 6.45) is 1.45. The summed E-state index contributed by atoms with van der Waals surface area (Å²) >= 11 is 6.64. The average molecular weight is 627 g/mol. The Morgan fingerprint density at radius 3 is 2.13 bits per heavy atom. The minimum absolute atomic E-state index is 0.103. The van der Waals surface area contributed by atoms with E-state index >= 15 is 0 Å². The number of amides is 1. The van der Waals surface area contributed by atoms with E-state index in [1.165, 1.54) is 6.08 Å². The van der Waals surface area contributed by atoms with Crippen LogP contribution in [0.1, 0.15) is 37.5 Å². The van der Waals surface area contributed by atoms with Gasteiger partial charge in [-0.2, -0.15) is 5.26 Å². The van der Waals surface area contributed by atoms with Crippen molar-refractivity contribution in [1.29, 1.82) is 5.26 Å². The molecule has 0 spiro atoms. The lowest BCUT2D eigenvalue weighted by atomic mass is 10.1. The molecule has 8 nitrogen and oxygen atoms in total. The van der Waals surface area contributed by atoms with Gasteiger partial charge in [-0.05, 0) is 92.1 Å². The van der Waals surface area contributed by atoms with Gasteiger partial charge in [0.25, 0.3) is 5.91 Å². The second-order valence-electron chi connectivity index (χ2n) is 9.62. The summed E-state index contributed by atoms with van der Waals surface area (Å²) in [5, 5.41) is 12.7. The van der Waals surface area contributed by atoms with Crippen molar-refractivity contribution in [3.8, 4) is 34.8 Å². The molecule has 0 heterocycles. The number of carbonyl (C=O) groups excluding carboxylic acids is 1. The molecule has 0 aliphatic rings. The van der Waals surface area contributed by atoms with Gasteiger partial charge in [0.15, 0.2) is 23.0 Å². The molecule has 0 radical (unpaired) electrons. The summed E-state index contributed by atoms with van der Waals surface area (Å²) < 4.78 is 29.2. The third-order valence-corrected chi connectivity index (χ3v) is 6.64. The molecular weight excluding hydrogens is 592 g/mol. The van der Waals surface area contributed by atoms with Gasteiger partial charge in [-0.3, -0.25) is 4.79 Å². The van der Waals surface area contributed by atoms with Crippen molar-refractivity contribution in [1.82, 2.24) is 0 Å². The SMILES string of the molecule is CCOc1ccc(NC(=O)/C(C#N)=C/c2cc(Cl)c(OCc3ccc(OCc4ccccc4)c(OCC)c3)c(OCC)c2)cc1. The molecule has 4 rings (SSSR count). The van der Waals surface area contributed by atoms with Crippen molar-refractivity contribution >= 4 is 29.3 Å². The molecule has 0 aliphatic carbocycles. The molecule has 4 aromatic carbocycles. The van der Waals surface area contributed by atoms with Crippen molar-refractivity contribution in [3.05, 3.63) is 112 Å². The molecule has 0 atom stereocenters. The smallest absolute Gasteiger partial charge is 0.266 e. The fraction of sp³-hybridized carbons (Fsp3) is 0.222. The molecule has 0 aliphatic heterocycles. The first-order valence-electron chi connectivity index (χ1n) is 14.6. The number of anilines is 1. The van der Waals surface area contributed by atoms with E-state index in [-0.39, 0.29) is 17.2 Å². The zero-order valence-electron chi connectivity index (χ0n) is 25.5. The van der Waals surface area contributed by atoms with Gasteiger partial charge in [-0.25, -0.2) is 0 Å². The molecule has 1 amide bonds. The number of halogens is 1. The van der Waals surface area contributed by atoms with Crippen LogP contribution >= 0.6 is 11.6 Å². The number of hydrogen-bond acceptors (Lipinski definition) is 7. The molecule has 45 heavy (non-hydrogen) atoms. The van der Waals surface area contributed by atoms with Crippen LogP contribution in [0.2, 0.25) is 5.02 Å². The van der Waals surface area contributed by atoms with Crippen molar-refractivity contribution in [2.24, 2.45) is 0 Å². The molecule has 0 unspecified atom stereocenters. The lowest BCUT2D eigenvalue weighted by Gasteiger charge is -2.16. The van der Waals surface area contributed by atoms with Crippen LogP contribution in [0, 0.1) is 11.3 Å². The Balaban J connectivity index is 1.48. The number of benzene rings is 4. The molecule has 9 heteroatoms. The van der Waals surface area contributed by atoms with Crippen LogP contribution in [-0.4, -0.2) is 25.7 Å². The van der Waals surface area contributed by atoms with Crippen LogP contribution in [0.3, 0.4) is 0 Å². The van der Waals surface area contributed by atoms with E-state index < -0.39 is 5.91 Å². The highest BCUT2D eigenvalue weighted by molar-refractivity contribution is 6.32. The Kier molecular flexibility index (Phi) is 12.1. The predicted molar refractivity (Wildman–Crippen MR) is 175 cm³/mol. The Bertz CT molecular complexity index is 1650. The van der Waals surface area contributed by atoms with E-state index in [2.05, 4.69) is 5.32 Å². The summed E-state index contributed by atoms with van der Waals surface area (Å²) in [6.45, 7) is 7.61. The van der Waals surface area contributed by atoms with Crippen LogP contribution in [-0.2, 0) is 18.0 Å². The Hall–Kier alpha value is -5.13. The Morgan fingerprint density at radius 1 is 0.756 bits per heavy atom. The van der Waals surface area contributed by atoms with E-state index in [9.17, 15) is 10.1 Å². The van der Waals surface area contributed by atoms with Crippen molar-refractivity contribution < 1.29 is 28.5 Å². The number of rotatable bonds is 15. The van der Waals surface area contributed by atoms with Gasteiger partial charge in [0.05, 0.1) is 24.8 Å². The molecule has 4 aromatic rings. The maximum Gasteiger partial charge on any atom is 0.266 e. The number of carbonyl (C=O) groups is 1. The van der Waals surface area contributed by atoms with Crippen LogP contribution in [0.4, 0.5) is 5.69 Å². The lowest BCUT2D eigenvalue weighted by Crippen LogP contribution is -2.13. The molecule has 1 N–H and O–H groups in total. The van der Waals surface area contributed by atoms with Crippen LogP contribution in [0.15, 0.2) is 90.5 Å². The van der Waals surface area contributed by atoms with Gasteiger partial charge >= 0.3 is 0 Å². The normalized spacial score (nSPS) is 10.9. The quantitative estimate of drug-likeness (QED) is 0.105. The van der Waals surface area contributed by atoms with Gasteiger partial charge < -0.3 is 29.0 Å². The monoisotopic (exact) mass is 626 g/mol. The zero-order chi connectivity index (χ0) is 32.0. The molecule has 0 saturated heterocycles. The number of hydrogen-bond donors (Lipinski definition) is 1. The first-order chi connectivity index (χ1) is 21.9. The van der Waals surface area contributed by atoms with Gasteiger partial charge in [0, 0.05) is 5.69 Å². The summed E-state index contributed by atoms with van der Waals surface area (Å²) in [5.74, 6) is 2.10. The van der Waals surface area contributed by atoms with Crippen molar-refractivity contribution in [3.63, 3.8) is 0 Å².